The molecule has 0 unspecified atom stereocenters. The number of benzene rings is 2. The summed E-state index contributed by atoms with van der Waals surface area (Å²) in [6.07, 6.45) is 2.05. The van der Waals surface area contributed by atoms with Crippen molar-refractivity contribution >= 4 is 29.5 Å². The van der Waals surface area contributed by atoms with Crippen LogP contribution in [-0.4, -0.2) is 47.4 Å². The maximum Gasteiger partial charge on any atom is 0.321 e. The van der Waals surface area contributed by atoms with Gasteiger partial charge in [0.05, 0.1) is 11.7 Å². The zero-order valence-corrected chi connectivity index (χ0v) is 20.3. The Hall–Kier alpha value is -4.31. The second-order valence-corrected chi connectivity index (χ2v) is 8.53. The summed E-state index contributed by atoms with van der Waals surface area (Å²) in [7, 11) is 0. The van der Waals surface area contributed by atoms with Crippen LogP contribution in [0.5, 0.6) is 0 Å². The number of aliphatic imine (C=N–C) groups is 1. The van der Waals surface area contributed by atoms with E-state index < -0.39 is 5.91 Å². The van der Waals surface area contributed by atoms with E-state index in [1.54, 1.807) is 29.2 Å². The summed E-state index contributed by atoms with van der Waals surface area (Å²) in [5.74, 6) is -0.386. The molecule has 8 N–H and O–H groups in total. The summed E-state index contributed by atoms with van der Waals surface area (Å²) in [6.45, 7) is 6.79. The van der Waals surface area contributed by atoms with Gasteiger partial charge in [-0.3, -0.25) is 4.79 Å². The van der Waals surface area contributed by atoms with Crippen LogP contribution in [0.3, 0.4) is 0 Å². The lowest BCUT2D eigenvalue weighted by molar-refractivity contribution is -0.114. The number of primary amides is 1. The molecule has 3 amide bonds. The van der Waals surface area contributed by atoms with E-state index in [1.165, 1.54) is 6.21 Å². The fraction of sp³-hybridized carbons (Fsp3) is 0.269. The van der Waals surface area contributed by atoms with Crippen molar-refractivity contribution in [3.63, 3.8) is 0 Å². The molecule has 3 rings (SSSR count). The highest BCUT2D eigenvalue weighted by Crippen LogP contribution is 2.19. The number of carbonyl (C=O) groups excluding carboxylic acids is 2. The second-order valence-electron chi connectivity index (χ2n) is 8.53. The molecule has 0 aliphatic carbocycles. The Labute approximate surface area is 210 Å². The molecule has 1 atom stereocenters. The summed E-state index contributed by atoms with van der Waals surface area (Å²) in [5.41, 5.74) is 13.9. The third-order valence-corrected chi connectivity index (χ3v) is 5.73. The van der Waals surface area contributed by atoms with Crippen LogP contribution in [0.15, 0.2) is 83.4 Å². The average Bonchev–Trinajstić information content (AvgIpc) is 2.85. The Morgan fingerprint density at radius 1 is 1.08 bits per heavy atom. The Balaban J connectivity index is 1.61. The number of nitrogens with one attached hydrogen (secondary N) is 3. The molecule has 0 bridgehead atoms. The van der Waals surface area contributed by atoms with E-state index in [2.05, 4.69) is 27.5 Å². The number of aliphatic hydroxyl groups excluding tert-OH is 1. The van der Waals surface area contributed by atoms with Gasteiger partial charge in [-0.15, -0.1) is 0 Å². The molecule has 1 aliphatic rings. The minimum Gasteiger partial charge on any atom is -0.393 e. The van der Waals surface area contributed by atoms with Crippen molar-refractivity contribution in [1.29, 1.82) is 0 Å². The number of urea groups is 1. The van der Waals surface area contributed by atoms with Crippen LogP contribution >= 0.6 is 0 Å². The highest BCUT2D eigenvalue weighted by Gasteiger charge is 2.21. The van der Waals surface area contributed by atoms with Gasteiger partial charge in [0.2, 0.25) is 0 Å². The summed E-state index contributed by atoms with van der Waals surface area (Å²) in [4.78, 5) is 30.3. The molecule has 0 aromatic heterocycles. The zero-order chi connectivity index (χ0) is 26.1. The Morgan fingerprint density at radius 3 is 2.36 bits per heavy atom. The first-order chi connectivity index (χ1) is 17.2. The van der Waals surface area contributed by atoms with Gasteiger partial charge in [-0.2, -0.15) is 0 Å². The van der Waals surface area contributed by atoms with Crippen LogP contribution in [0.2, 0.25) is 0 Å². The quantitative estimate of drug-likeness (QED) is 0.234. The normalized spacial score (nSPS) is 15.7. The third kappa shape index (κ3) is 7.60. The lowest BCUT2D eigenvalue weighted by atomic mass is 10.1. The molecule has 1 aliphatic heterocycles. The van der Waals surface area contributed by atoms with Gasteiger partial charge in [-0.05, 0) is 43.5 Å². The number of piperidine rings is 1. The number of hydrogen-bond donors (Lipinski definition) is 6. The molecule has 10 heteroatoms. The van der Waals surface area contributed by atoms with Crippen molar-refractivity contribution in [2.24, 2.45) is 16.5 Å². The van der Waals surface area contributed by atoms with Gasteiger partial charge < -0.3 is 37.4 Å². The van der Waals surface area contributed by atoms with E-state index in [-0.39, 0.29) is 35.4 Å². The first-order valence-electron chi connectivity index (χ1n) is 11.7. The van der Waals surface area contributed by atoms with E-state index in [4.69, 9.17) is 11.5 Å². The average molecular weight is 492 g/mol. The molecule has 2 aromatic rings. The van der Waals surface area contributed by atoms with Crippen LogP contribution in [0.1, 0.15) is 31.4 Å². The fourth-order valence-corrected chi connectivity index (χ4v) is 3.69. The van der Waals surface area contributed by atoms with Gasteiger partial charge in [0.25, 0.3) is 5.91 Å². The number of rotatable bonds is 9. The van der Waals surface area contributed by atoms with Crippen molar-refractivity contribution in [1.82, 2.24) is 10.2 Å². The maximum atomic E-state index is 12.5. The topological polar surface area (TPSA) is 158 Å². The first kappa shape index (κ1) is 26.3. The van der Waals surface area contributed by atoms with Crippen LogP contribution in [0, 0.1) is 0 Å². The second kappa shape index (κ2) is 12.4. The number of aliphatic hydroxyl groups is 1. The summed E-state index contributed by atoms with van der Waals surface area (Å²) in [6, 6.07) is 16.3. The summed E-state index contributed by atoms with van der Waals surface area (Å²) in [5, 5.41) is 18.6. The third-order valence-electron chi connectivity index (χ3n) is 5.73. The standard InChI is InChI=1S/C26H33N7O3/c1-17(19-7-4-3-5-8-19)30-24(27)23(25(28)35)16-29-18(2)31-20-9-6-10-21(15-20)32-26(36)33-13-11-22(34)12-14-33/h3-10,15-17,22,30-31,34H,2,11-14,27H2,1H3,(H2,28,35)(H,32,36)/b24-23-,29-16-/t17-/m1/s1. The van der Waals surface area contributed by atoms with E-state index >= 15 is 0 Å². The zero-order valence-electron chi connectivity index (χ0n) is 20.3. The van der Waals surface area contributed by atoms with Gasteiger partial charge in [0.15, 0.2) is 0 Å². The minimum atomic E-state index is -0.730. The highest BCUT2D eigenvalue weighted by molar-refractivity contribution is 6.12. The van der Waals surface area contributed by atoms with Gasteiger partial charge >= 0.3 is 6.03 Å². The van der Waals surface area contributed by atoms with Gasteiger partial charge in [0.1, 0.15) is 11.6 Å². The first-order valence-corrected chi connectivity index (χ1v) is 11.7. The maximum absolute atomic E-state index is 12.5. The number of nitrogens with zero attached hydrogens (tertiary/aromatic N) is 2. The molecule has 190 valence electrons. The highest BCUT2D eigenvalue weighted by atomic mass is 16.3. The van der Waals surface area contributed by atoms with Crippen LogP contribution in [0.25, 0.3) is 0 Å². The number of amides is 3. The summed E-state index contributed by atoms with van der Waals surface area (Å²) < 4.78 is 0. The van der Waals surface area contributed by atoms with E-state index in [1.807, 2.05) is 37.3 Å². The molecule has 0 saturated carbocycles. The molecule has 10 nitrogen and oxygen atoms in total. The Morgan fingerprint density at radius 2 is 1.72 bits per heavy atom. The van der Waals surface area contributed by atoms with Crippen molar-refractivity contribution in [2.75, 3.05) is 23.7 Å². The molecule has 2 aromatic carbocycles. The van der Waals surface area contributed by atoms with Crippen LogP contribution in [0.4, 0.5) is 16.2 Å². The van der Waals surface area contributed by atoms with Gasteiger partial charge in [0, 0.05) is 36.7 Å². The number of likely N-dealkylation sites (tertiary alicyclic amines) is 1. The number of hydrogen-bond acceptors (Lipinski definition) is 7. The van der Waals surface area contributed by atoms with Crippen LogP contribution in [-0.2, 0) is 4.79 Å². The van der Waals surface area contributed by atoms with Crippen LogP contribution < -0.4 is 27.4 Å². The van der Waals surface area contributed by atoms with E-state index in [0.717, 1.165) is 5.56 Å². The number of carbonyl (C=O) groups is 2. The molecular weight excluding hydrogens is 458 g/mol. The van der Waals surface area contributed by atoms with Gasteiger partial charge in [-0.25, -0.2) is 9.79 Å². The minimum absolute atomic E-state index is 0.0217. The molecular formula is C26H33N7O3. The van der Waals surface area contributed by atoms with Crippen molar-refractivity contribution in [2.45, 2.75) is 31.9 Å². The van der Waals surface area contributed by atoms with E-state index in [0.29, 0.717) is 37.3 Å². The number of nitrogens with two attached hydrogens (primary N) is 2. The molecule has 36 heavy (non-hydrogen) atoms. The number of anilines is 2. The molecule has 1 saturated heterocycles. The predicted octanol–water partition coefficient (Wildman–Crippen LogP) is 2.64. The largest absolute Gasteiger partial charge is 0.393 e. The Kier molecular flexibility index (Phi) is 9.07. The lowest BCUT2D eigenvalue weighted by Crippen LogP contribution is -2.42. The SMILES string of the molecule is C=C(/N=C\C(C(N)=O)=C(/N)N[C@H](C)c1ccccc1)Nc1cccc(NC(=O)N2CCC(O)CC2)c1. The fourth-order valence-electron chi connectivity index (χ4n) is 3.69. The van der Waals surface area contributed by atoms with Gasteiger partial charge in [-0.1, -0.05) is 43.0 Å². The van der Waals surface area contributed by atoms with Crippen molar-refractivity contribution in [3.05, 3.63) is 84.0 Å². The predicted molar refractivity (Wildman–Crippen MR) is 142 cm³/mol. The smallest absolute Gasteiger partial charge is 0.321 e. The van der Waals surface area contributed by atoms with Crippen molar-refractivity contribution < 1.29 is 14.7 Å². The summed E-state index contributed by atoms with van der Waals surface area (Å²) >= 11 is 0. The van der Waals surface area contributed by atoms with E-state index in [9.17, 15) is 14.7 Å². The molecule has 1 fully saturated rings. The van der Waals surface area contributed by atoms with Crippen molar-refractivity contribution in [3.8, 4) is 0 Å². The lowest BCUT2D eigenvalue weighted by Gasteiger charge is -2.29. The monoisotopic (exact) mass is 491 g/mol. The molecule has 0 radical (unpaired) electrons. The molecule has 0 spiro atoms. The molecule has 1 heterocycles. The Bertz CT molecular complexity index is 1140.